The van der Waals surface area contributed by atoms with Crippen molar-refractivity contribution in [1.29, 1.82) is 0 Å². The molecule has 0 saturated heterocycles. The second-order valence-electron chi connectivity index (χ2n) is 4.07. The highest BCUT2D eigenvalue weighted by Gasteiger charge is 2.17. The minimum absolute atomic E-state index is 0.233. The van der Waals surface area contributed by atoms with Crippen LogP contribution in [0.4, 0.5) is 5.82 Å². The molecular weight excluding hydrogens is 230 g/mol. The maximum absolute atomic E-state index is 12.1. The average Bonchev–Trinajstić information content (AvgIpc) is 2.84. The predicted molar refractivity (Wildman–Crippen MR) is 67.6 cm³/mol. The summed E-state index contributed by atoms with van der Waals surface area (Å²) >= 11 is 0. The van der Waals surface area contributed by atoms with E-state index in [1.165, 1.54) is 4.90 Å². The van der Waals surface area contributed by atoms with E-state index in [4.69, 9.17) is 4.52 Å². The van der Waals surface area contributed by atoms with Crippen LogP contribution >= 0.6 is 0 Å². The number of hydrogen-bond acceptors (Lipinski definition) is 4. The van der Waals surface area contributed by atoms with E-state index >= 15 is 0 Å². The lowest BCUT2D eigenvalue weighted by molar-refractivity contribution is 0.0983. The Hall–Kier alpha value is -2.17. The van der Waals surface area contributed by atoms with Gasteiger partial charge in [0.15, 0.2) is 5.69 Å². The molecule has 0 aliphatic heterocycles. The number of carbonyl (C=O) groups is 1. The third kappa shape index (κ3) is 2.40. The lowest BCUT2D eigenvalue weighted by atomic mass is 10.2. The van der Waals surface area contributed by atoms with Crippen molar-refractivity contribution in [3.05, 3.63) is 41.4 Å². The summed E-state index contributed by atoms with van der Waals surface area (Å²) in [6.07, 6.45) is 2.70. The van der Waals surface area contributed by atoms with Gasteiger partial charge in [-0.05, 0) is 25.0 Å². The molecule has 5 nitrogen and oxygen atoms in total. The molecule has 0 atom stereocenters. The van der Waals surface area contributed by atoms with Gasteiger partial charge in [-0.2, -0.15) is 0 Å². The first-order chi connectivity index (χ1) is 8.61. The van der Waals surface area contributed by atoms with Crippen LogP contribution in [-0.2, 0) is 6.42 Å². The predicted octanol–water partition coefficient (Wildman–Crippen LogP) is 2.22. The third-order valence-electron chi connectivity index (χ3n) is 2.71. The Balaban J connectivity index is 2.19. The molecule has 0 fully saturated rings. The normalized spacial score (nSPS) is 10.4. The molecule has 5 heteroatoms. The molecule has 2 aromatic heterocycles. The van der Waals surface area contributed by atoms with E-state index < -0.39 is 0 Å². The van der Waals surface area contributed by atoms with Gasteiger partial charge < -0.3 is 4.52 Å². The van der Waals surface area contributed by atoms with Crippen LogP contribution in [0.2, 0.25) is 0 Å². The molecule has 1 amide bonds. The van der Waals surface area contributed by atoms with Crippen LogP contribution in [0.25, 0.3) is 0 Å². The SMILES string of the molecule is CCc1ccc(N(C)C(=O)c2cc(C)on2)nc1. The topological polar surface area (TPSA) is 59.2 Å². The van der Waals surface area contributed by atoms with Crippen molar-refractivity contribution in [3.63, 3.8) is 0 Å². The number of amides is 1. The second-order valence-corrected chi connectivity index (χ2v) is 4.07. The maximum atomic E-state index is 12.1. The summed E-state index contributed by atoms with van der Waals surface area (Å²) in [4.78, 5) is 17.8. The zero-order valence-electron chi connectivity index (χ0n) is 10.7. The Kier molecular flexibility index (Phi) is 3.41. The highest BCUT2D eigenvalue weighted by atomic mass is 16.5. The highest BCUT2D eigenvalue weighted by Crippen LogP contribution is 2.13. The number of carbonyl (C=O) groups excluding carboxylic acids is 1. The molecule has 0 N–H and O–H groups in total. The molecule has 2 heterocycles. The standard InChI is InChI=1S/C13H15N3O2/c1-4-10-5-6-12(14-8-10)16(3)13(17)11-7-9(2)18-15-11/h5-8H,4H2,1-3H3. The van der Waals surface area contributed by atoms with E-state index in [2.05, 4.69) is 17.1 Å². The number of aryl methyl sites for hydroxylation is 2. The molecule has 94 valence electrons. The third-order valence-corrected chi connectivity index (χ3v) is 2.71. The second kappa shape index (κ2) is 5.00. The van der Waals surface area contributed by atoms with Crippen LogP contribution in [0, 0.1) is 6.92 Å². The van der Waals surface area contributed by atoms with E-state index in [1.807, 2.05) is 12.1 Å². The molecule has 0 aliphatic carbocycles. The zero-order valence-corrected chi connectivity index (χ0v) is 10.7. The Morgan fingerprint density at radius 3 is 2.72 bits per heavy atom. The highest BCUT2D eigenvalue weighted by molar-refractivity contribution is 6.03. The van der Waals surface area contributed by atoms with Crippen molar-refractivity contribution >= 4 is 11.7 Å². The quantitative estimate of drug-likeness (QED) is 0.831. The van der Waals surface area contributed by atoms with Gasteiger partial charge in [0, 0.05) is 19.3 Å². The van der Waals surface area contributed by atoms with Crippen molar-refractivity contribution in [1.82, 2.24) is 10.1 Å². The molecule has 0 bridgehead atoms. The summed E-state index contributed by atoms with van der Waals surface area (Å²) in [6, 6.07) is 5.39. The first kappa shape index (κ1) is 12.3. The summed E-state index contributed by atoms with van der Waals surface area (Å²) < 4.78 is 4.89. The molecule has 2 aromatic rings. The largest absolute Gasteiger partial charge is 0.361 e. The van der Waals surface area contributed by atoms with Crippen molar-refractivity contribution in [3.8, 4) is 0 Å². The van der Waals surface area contributed by atoms with Crippen LogP contribution in [0.15, 0.2) is 28.9 Å². The van der Waals surface area contributed by atoms with Gasteiger partial charge in [0.25, 0.3) is 5.91 Å². The van der Waals surface area contributed by atoms with E-state index in [1.54, 1.807) is 26.2 Å². The maximum Gasteiger partial charge on any atom is 0.281 e. The molecule has 0 aliphatic rings. The number of nitrogens with zero attached hydrogens (tertiary/aromatic N) is 3. The number of rotatable bonds is 3. The Bertz CT molecular complexity index is 546. The van der Waals surface area contributed by atoms with Crippen molar-refractivity contribution in [2.75, 3.05) is 11.9 Å². The summed E-state index contributed by atoms with van der Waals surface area (Å²) in [6.45, 7) is 3.81. The van der Waals surface area contributed by atoms with Gasteiger partial charge >= 0.3 is 0 Å². The van der Waals surface area contributed by atoms with Gasteiger partial charge in [0.1, 0.15) is 11.6 Å². The zero-order chi connectivity index (χ0) is 13.1. The summed E-state index contributed by atoms with van der Waals surface area (Å²) in [5.74, 6) is 0.975. The average molecular weight is 245 g/mol. The van der Waals surface area contributed by atoms with Crippen LogP contribution in [0.5, 0.6) is 0 Å². The molecule has 18 heavy (non-hydrogen) atoms. The van der Waals surface area contributed by atoms with Crippen LogP contribution < -0.4 is 4.90 Å². The van der Waals surface area contributed by atoms with Gasteiger partial charge in [-0.3, -0.25) is 9.69 Å². The molecule has 0 radical (unpaired) electrons. The fourth-order valence-electron chi connectivity index (χ4n) is 1.57. The Labute approximate surface area is 105 Å². The number of hydrogen-bond donors (Lipinski definition) is 0. The molecule has 0 spiro atoms. The van der Waals surface area contributed by atoms with Crippen LogP contribution in [0.3, 0.4) is 0 Å². The molecule has 2 rings (SSSR count). The van der Waals surface area contributed by atoms with Gasteiger partial charge in [0.2, 0.25) is 0 Å². The fourth-order valence-corrected chi connectivity index (χ4v) is 1.57. The van der Waals surface area contributed by atoms with Crippen LogP contribution in [0.1, 0.15) is 28.7 Å². The minimum Gasteiger partial charge on any atom is -0.361 e. The smallest absolute Gasteiger partial charge is 0.281 e. The molecular formula is C13H15N3O2. The van der Waals surface area contributed by atoms with Crippen molar-refractivity contribution in [2.24, 2.45) is 0 Å². The van der Waals surface area contributed by atoms with Gasteiger partial charge in [-0.25, -0.2) is 4.98 Å². The molecule has 0 saturated carbocycles. The van der Waals surface area contributed by atoms with E-state index in [0.29, 0.717) is 11.6 Å². The lowest BCUT2D eigenvalue weighted by Crippen LogP contribution is -2.27. The summed E-state index contributed by atoms with van der Waals surface area (Å²) in [5.41, 5.74) is 1.42. The number of pyridine rings is 1. The summed E-state index contributed by atoms with van der Waals surface area (Å²) in [5, 5.41) is 3.70. The van der Waals surface area contributed by atoms with Gasteiger partial charge in [0.05, 0.1) is 0 Å². The first-order valence-corrected chi connectivity index (χ1v) is 5.78. The van der Waals surface area contributed by atoms with Crippen molar-refractivity contribution in [2.45, 2.75) is 20.3 Å². The number of aromatic nitrogens is 2. The fraction of sp³-hybridized carbons (Fsp3) is 0.308. The lowest BCUT2D eigenvalue weighted by Gasteiger charge is -2.14. The van der Waals surface area contributed by atoms with E-state index in [9.17, 15) is 4.79 Å². The summed E-state index contributed by atoms with van der Waals surface area (Å²) in [7, 11) is 1.67. The van der Waals surface area contributed by atoms with E-state index in [-0.39, 0.29) is 11.6 Å². The van der Waals surface area contributed by atoms with E-state index in [0.717, 1.165) is 12.0 Å². The Morgan fingerprint density at radius 2 is 2.22 bits per heavy atom. The van der Waals surface area contributed by atoms with Gasteiger partial charge in [-0.15, -0.1) is 0 Å². The number of anilines is 1. The van der Waals surface area contributed by atoms with Crippen molar-refractivity contribution < 1.29 is 9.32 Å². The molecule has 0 unspecified atom stereocenters. The first-order valence-electron chi connectivity index (χ1n) is 5.78. The molecule has 0 aromatic carbocycles. The minimum atomic E-state index is -0.233. The monoisotopic (exact) mass is 245 g/mol. The van der Waals surface area contributed by atoms with Gasteiger partial charge in [-0.1, -0.05) is 18.1 Å². The Morgan fingerprint density at radius 1 is 1.44 bits per heavy atom. The van der Waals surface area contributed by atoms with Crippen LogP contribution in [-0.4, -0.2) is 23.1 Å².